The lowest BCUT2D eigenvalue weighted by atomic mass is 9.87. The van der Waals surface area contributed by atoms with Crippen LogP contribution in [0.2, 0.25) is 0 Å². The van der Waals surface area contributed by atoms with Crippen LogP contribution < -0.4 is 17.2 Å². The number of hydrogen-bond donors (Lipinski definition) is 3. The first-order valence-corrected chi connectivity index (χ1v) is 6.26. The molecule has 0 aromatic carbocycles. The molecule has 0 heterocycles. The van der Waals surface area contributed by atoms with Gasteiger partial charge in [-0.25, -0.2) is 0 Å². The van der Waals surface area contributed by atoms with Crippen molar-refractivity contribution in [2.45, 2.75) is 33.1 Å². The molecule has 0 saturated heterocycles. The number of primary amides is 2. The number of carbonyl (C=O) groups excluding carboxylic acids is 2. The molecule has 6 nitrogen and oxygen atoms in total. The Balaban J connectivity index is 3.96. The van der Waals surface area contributed by atoms with Gasteiger partial charge in [0.05, 0.1) is 13.1 Å². The van der Waals surface area contributed by atoms with Crippen molar-refractivity contribution in [3.05, 3.63) is 0 Å². The van der Waals surface area contributed by atoms with E-state index in [1.54, 1.807) is 4.90 Å². The second-order valence-corrected chi connectivity index (χ2v) is 5.47. The van der Waals surface area contributed by atoms with E-state index in [0.717, 1.165) is 19.3 Å². The van der Waals surface area contributed by atoms with Crippen LogP contribution in [0.15, 0.2) is 0 Å². The van der Waals surface area contributed by atoms with Gasteiger partial charge in [0.15, 0.2) is 0 Å². The van der Waals surface area contributed by atoms with Crippen molar-refractivity contribution in [1.29, 1.82) is 0 Å². The standard InChI is InChI=1S/C12H26N4O2/c1-12(2,9-13)5-3-4-6-16(7-10(14)17)8-11(15)18/h3-9,13H2,1-2H3,(H2,14,17)(H2,15,18). The van der Waals surface area contributed by atoms with Crippen LogP contribution >= 0.6 is 0 Å². The smallest absolute Gasteiger partial charge is 0.231 e. The highest BCUT2D eigenvalue weighted by Gasteiger charge is 2.15. The minimum absolute atomic E-state index is 0.0726. The van der Waals surface area contributed by atoms with Crippen molar-refractivity contribution < 1.29 is 9.59 Å². The quantitative estimate of drug-likeness (QED) is 0.454. The minimum Gasteiger partial charge on any atom is -0.369 e. The summed E-state index contributed by atoms with van der Waals surface area (Å²) in [7, 11) is 0. The molecular formula is C12H26N4O2. The lowest BCUT2D eigenvalue weighted by molar-refractivity contribution is -0.121. The van der Waals surface area contributed by atoms with E-state index >= 15 is 0 Å². The average Bonchev–Trinajstić information content (AvgIpc) is 2.22. The third-order valence-corrected chi connectivity index (χ3v) is 2.89. The van der Waals surface area contributed by atoms with Gasteiger partial charge in [-0.3, -0.25) is 14.5 Å². The molecule has 0 aromatic rings. The molecule has 6 heteroatoms. The summed E-state index contributed by atoms with van der Waals surface area (Å²) in [5, 5.41) is 0. The Morgan fingerprint density at radius 2 is 1.56 bits per heavy atom. The molecule has 0 radical (unpaired) electrons. The van der Waals surface area contributed by atoms with E-state index in [9.17, 15) is 9.59 Å². The van der Waals surface area contributed by atoms with Gasteiger partial charge in [0.25, 0.3) is 0 Å². The fraction of sp³-hybridized carbons (Fsp3) is 0.833. The van der Waals surface area contributed by atoms with Gasteiger partial charge >= 0.3 is 0 Å². The summed E-state index contributed by atoms with van der Waals surface area (Å²) in [5.74, 6) is -0.892. The Labute approximate surface area is 109 Å². The predicted molar refractivity (Wildman–Crippen MR) is 71.5 cm³/mol. The molecule has 0 aliphatic rings. The van der Waals surface area contributed by atoms with Gasteiger partial charge < -0.3 is 17.2 Å². The second kappa shape index (κ2) is 8.05. The van der Waals surface area contributed by atoms with Crippen molar-refractivity contribution in [3.8, 4) is 0 Å². The van der Waals surface area contributed by atoms with Crippen LogP contribution in [-0.2, 0) is 9.59 Å². The zero-order valence-electron chi connectivity index (χ0n) is 11.4. The van der Waals surface area contributed by atoms with E-state index in [-0.39, 0.29) is 18.5 Å². The topological polar surface area (TPSA) is 115 Å². The first-order valence-electron chi connectivity index (χ1n) is 6.26. The van der Waals surface area contributed by atoms with Crippen molar-refractivity contribution in [2.24, 2.45) is 22.6 Å². The Bertz CT molecular complexity index is 263. The molecule has 0 bridgehead atoms. The van der Waals surface area contributed by atoms with E-state index in [0.29, 0.717) is 13.1 Å². The highest BCUT2D eigenvalue weighted by Crippen LogP contribution is 2.21. The van der Waals surface area contributed by atoms with Crippen molar-refractivity contribution in [2.75, 3.05) is 26.2 Å². The fourth-order valence-electron chi connectivity index (χ4n) is 1.70. The number of rotatable bonds is 10. The summed E-state index contributed by atoms with van der Waals surface area (Å²) in [5.41, 5.74) is 16.0. The molecule has 0 aliphatic heterocycles. The SMILES string of the molecule is CC(C)(CN)CCCCN(CC(N)=O)CC(N)=O. The molecule has 0 unspecified atom stereocenters. The maximum absolute atomic E-state index is 10.8. The zero-order chi connectivity index (χ0) is 14.2. The Morgan fingerprint density at radius 1 is 1.06 bits per heavy atom. The predicted octanol–water partition coefficient (Wildman–Crippen LogP) is -0.586. The van der Waals surface area contributed by atoms with E-state index < -0.39 is 11.8 Å². The minimum atomic E-state index is -0.446. The van der Waals surface area contributed by atoms with Gasteiger partial charge in [0.1, 0.15) is 0 Å². The summed E-state index contributed by atoms with van der Waals surface area (Å²) in [6, 6.07) is 0. The highest BCUT2D eigenvalue weighted by atomic mass is 16.2. The van der Waals surface area contributed by atoms with E-state index in [1.807, 2.05) is 0 Å². The molecular weight excluding hydrogens is 232 g/mol. The van der Waals surface area contributed by atoms with Gasteiger partial charge in [-0.2, -0.15) is 0 Å². The normalized spacial score (nSPS) is 11.8. The van der Waals surface area contributed by atoms with Gasteiger partial charge in [0, 0.05) is 0 Å². The molecule has 0 aromatic heterocycles. The van der Waals surface area contributed by atoms with Crippen LogP contribution in [0.1, 0.15) is 33.1 Å². The third kappa shape index (κ3) is 8.95. The zero-order valence-corrected chi connectivity index (χ0v) is 11.4. The Morgan fingerprint density at radius 3 is 1.94 bits per heavy atom. The molecule has 0 saturated carbocycles. The first-order chi connectivity index (χ1) is 8.26. The van der Waals surface area contributed by atoms with Crippen molar-refractivity contribution in [3.63, 3.8) is 0 Å². The van der Waals surface area contributed by atoms with Crippen LogP contribution in [0, 0.1) is 5.41 Å². The van der Waals surface area contributed by atoms with Crippen LogP contribution in [0.3, 0.4) is 0 Å². The van der Waals surface area contributed by atoms with E-state index in [2.05, 4.69) is 13.8 Å². The molecule has 0 fully saturated rings. The lowest BCUT2D eigenvalue weighted by Gasteiger charge is -2.23. The van der Waals surface area contributed by atoms with Crippen LogP contribution in [0.5, 0.6) is 0 Å². The molecule has 0 rings (SSSR count). The Kier molecular flexibility index (Phi) is 7.54. The highest BCUT2D eigenvalue weighted by molar-refractivity contribution is 5.79. The summed E-state index contributed by atoms with van der Waals surface area (Å²) in [4.78, 5) is 23.4. The second-order valence-electron chi connectivity index (χ2n) is 5.47. The first kappa shape index (κ1) is 16.9. The van der Waals surface area contributed by atoms with Gasteiger partial charge in [-0.15, -0.1) is 0 Å². The van der Waals surface area contributed by atoms with E-state index in [4.69, 9.17) is 17.2 Å². The van der Waals surface area contributed by atoms with Crippen LogP contribution in [0.25, 0.3) is 0 Å². The largest absolute Gasteiger partial charge is 0.369 e. The number of unbranched alkanes of at least 4 members (excludes halogenated alkanes) is 1. The molecule has 6 N–H and O–H groups in total. The molecule has 0 spiro atoms. The molecule has 18 heavy (non-hydrogen) atoms. The number of nitrogens with two attached hydrogens (primary N) is 3. The van der Waals surface area contributed by atoms with Gasteiger partial charge in [-0.1, -0.05) is 20.3 Å². The number of carbonyl (C=O) groups is 2. The van der Waals surface area contributed by atoms with Crippen LogP contribution in [0.4, 0.5) is 0 Å². The fourth-order valence-corrected chi connectivity index (χ4v) is 1.70. The number of hydrogen-bond acceptors (Lipinski definition) is 4. The van der Waals surface area contributed by atoms with Crippen molar-refractivity contribution in [1.82, 2.24) is 4.90 Å². The lowest BCUT2D eigenvalue weighted by Crippen LogP contribution is -2.40. The summed E-state index contributed by atoms with van der Waals surface area (Å²) in [6.45, 7) is 5.69. The number of amides is 2. The molecule has 0 atom stereocenters. The molecule has 0 aliphatic carbocycles. The summed E-state index contributed by atoms with van der Waals surface area (Å²) >= 11 is 0. The van der Waals surface area contributed by atoms with Crippen LogP contribution in [-0.4, -0.2) is 42.9 Å². The average molecular weight is 258 g/mol. The van der Waals surface area contributed by atoms with E-state index in [1.165, 1.54) is 0 Å². The number of nitrogens with zero attached hydrogens (tertiary/aromatic N) is 1. The van der Waals surface area contributed by atoms with Gasteiger partial charge in [-0.05, 0) is 31.3 Å². The Hall–Kier alpha value is -1.14. The third-order valence-electron chi connectivity index (χ3n) is 2.89. The maximum atomic E-state index is 10.8. The van der Waals surface area contributed by atoms with Gasteiger partial charge in [0.2, 0.25) is 11.8 Å². The molecule has 106 valence electrons. The molecule has 2 amide bonds. The summed E-state index contributed by atoms with van der Waals surface area (Å²) in [6.07, 6.45) is 2.91. The maximum Gasteiger partial charge on any atom is 0.231 e. The van der Waals surface area contributed by atoms with Crippen molar-refractivity contribution >= 4 is 11.8 Å². The monoisotopic (exact) mass is 258 g/mol. The summed E-state index contributed by atoms with van der Waals surface area (Å²) < 4.78 is 0.